The Morgan fingerprint density at radius 1 is 1.42 bits per heavy atom. The summed E-state index contributed by atoms with van der Waals surface area (Å²) in [6.45, 7) is 2.58. The van der Waals surface area contributed by atoms with Crippen molar-refractivity contribution < 1.29 is 8.42 Å². The lowest BCUT2D eigenvalue weighted by atomic mass is 10.4. The Hall–Kier alpha value is -0.600. The van der Waals surface area contributed by atoms with Crippen molar-refractivity contribution in [2.75, 3.05) is 13.1 Å². The maximum absolute atomic E-state index is 11.5. The minimum Gasteiger partial charge on any atom is -0.211 e. The second kappa shape index (κ2) is 3.42. The highest BCUT2D eigenvalue weighted by atomic mass is 32.2. The maximum Gasteiger partial charge on any atom is 0.230 e. The van der Waals surface area contributed by atoms with Crippen LogP contribution in [0, 0.1) is 11.3 Å². The van der Waals surface area contributed by atoms with Gasteiger partial charge in [-0.15, -0.1) is 0 Å². The Kier molecular flexibility index (Phi) is 2.70. The molecule has 1 rings (SSSR count). The molecule has 0 aromatic carbocycles. The van der Waals surface area contributed by atoms with Crippen LogP contribution < -0.4 is 0 Å². The van der Waals surface area contributed by atoms with E-state index in [1.807, 2.05) is 0 Å². The Balaban J connectivity index is 2.79. The van der Waals surface area contributed by atoms with Crippen molar-refractivity contribution in [2.45, 2.75) is 25.0 Å². The first-order valence-electron chi connectivity index (χ1n) is 3.97. The van der Waals surface area contributed by atoms with E-state index in [0.29, 0.717) is 13.1 Å². The Labute approximate surface area is 72.8 Å². The molecule has 1 aliphatic heterocycles. The zero-order chi connectivity index (χ0) is 9.19. The van der Waals surface area contributed by atoms with Gasteiger partial charge >= 0.3 is 0 Å². The molecular weight excluding hydrogens is 176 g/mol. The minimum atomic E-state index is -3.32. The highest BCUT2D eigenvalue weighted by Crippen LogP contribution is 2.15. The van der Waals surface area contributed by atoms with Gasteiger partial charge in [-0.3, -0.25) is 0 Å². The molecule has 1 unspecified atom stereocenters. The molecule has 1 atom stereocenters. The van der Waals surface area contributed by atoms with Crippen molar-refractivity contribution in [3.8, 4) is 6.07 Å². The summed E-state index contributed by atoms with van der Waals surface area (Å²) in [5, 5.41) is 7.57. The Morgan fingerprint density at radius 2 is 1.92 bits per heavy atom. The molecule has 5 heteroatoms. The summed E-state index contributed by atoms with van der Waals surface area (Å²) < 4.78 is 24.3. The van der Waals surface area contributed by atoms with Gasteiger partial charge in [-0.1, -0.05) is 0 Å². The zero-order valence-electron chi connectivity index (χ0n) is 7.02. The van der Waals surface area contributed by atoms with Gasteiger partial charge in [0.05, 0.1) is 6.07 Å². The van der Waals surface area contributed by atoms with E-state index in [1.54, 1.807) is 6.07 Å². The van der Waals surface area contributed by atoms with Crippen molar-refractivity contribution in [3.05, 3.63) is 0 Å². The third kappa shape index (κ3) is 1.59. The third-order valence-corrected chi connectivity index (χ3v) is 4.14. The van der Waals surface area contributed by atoms with E-state index >= 15 is 0 Å². The van der Waals surface area contributed by atoms with Crippen molar-refractivity contribution in [3.63, 3.8) is 0 Å². The fourth-order valence-electron chi connectivity index (χ4n) is 1.23. The van der Waals surface area contributed by atoms with E-state index in [1.165, 1.54) is 11.2 Å². The summed E-state index contributed by atoms with van der Waals surface area (Å²) in [5.41, 5.74) is 0. The molecule has 1 aliphatic rings. The van der Waals surface area contributed by atoms with Gasteiger partial charge in [0.2, 0.25) is 10.0 Å². The van der Waals surface area contributed by atoms with Gasteiger partial charge in [0.25, 0.3) is 0 Å². The first kappa shape index (κ1) is 9.49. The molecule has 1 saturated heterocycles. The van der Waals surface area contributed by atoms with Crippen LogP contribution in [-0.4, -0.2) is 31.1 Å². The van der Waals surface area contributed by atoms with E-state index in [-0.39, 0.29) is 0 Å². The monoisotopic (exact) mass is 188 g/mol. The summed E-state index contributed by atoms with van der Waals surface area (Å²) in [6, 6.07) is 1.75. The average Bonchev–Trinajstić information content (AvgIpc) is 2.55. The molecule has 0 radical (unpaired) electrons. The third-order valence-electron chi connectivity index (χ3n) is 2.05. The molecule has 1 fully saturated rings. The molecule has 0 aliphatic carbocycles. The van der Waals surface area contributed by atoms with Gasteiger partial charge in [0.15, 0.2) is 5.25 Å². The molecule has 12 heavy (non-hydrogen) atoms. The molecule has 0 saturated carbocycles. The van der Waals surface area contributed by atoms with Crippen LogP contribution in [0.2, 0.25) is 0 Å². The summed E-state index contributed by atoms with van der Waals surface area (Å²) in [6.07, 6.45) is 1.83. The lowest BCUT2D eigenvalue weighted by Crippen LogP contribution is -2.34. The lowest BCUT2D eigenvalue weighted by molar-refractivity contribution is 0.473. The topological polar surface area (TPSA) is 61.2 Å². The summed E-state index contributed by atoms with van der Waals surface area (Å²) in [5.74, 6) is 0. The number of hydrogen-bond donors (Lipinski definition) is 0. The Morgan fingerprint density at radius 3 is 2.33 bits per heavy atom. The SMILES string of the molecule is CC(C#N)S(=O)(=O)N1CCCC1. The molecule has 4 nitrogen and oxygen atoms in total. The first-order valence-corrected chi connectivity index (χ1v) is 5.48. The molecule has 68 valence electrons. The van der Waals surface area contributed by atoms with Crippen LogP contribution in [0.5, 0.6) is 0 Å². The molecule has 0 aromatic rings. The number of hydrogen-bond acceptors (Lipinski definition) is 3. The zero-order valence-corrected chi connectivity index (χ0v) is 7.84. The molecule has 0 aromatic heterocycles. The van der Waals surface area contributed by atoms with Crippen LogP contribution in [0.1, 0.15) is 19.8 Å². The van der Waals surface area contributed by atoms with E-state index in [2.05, 4.69) is 0 Å². The number of rotatable bonds is 2. The smallest absolute Gasteiger partial charge is 0.211 e. The quantitative estimate of drug-likeness (QED) is 0.627. The number of sulfonamides is 1. The number of nitrogens with zero attached hydrogens (tertiary/aromatic N) is 2. The molecule has 0 bridgehead atoms. The van der Waals surface area contributed by atoms with Crippen molar-refractivity contribution in [1.29, 1.82) is 5.26 Å². The summed E-state index contributed by atoms with van der Waals surface area (Å²) >= 11 is 0. The molecule has 0 amide bonds. The standard InChI is InChI=1S/C7H12N2O2S/c1-7(6-8)12(10,11)9-4-2-3-5-9/h7H,2-5H2,1H3. The second-order valence-electron chi connectivity index (χ2n) is 2.92. The summed E-state index contributed by atoms with van der Waals surface area (Å²) in [7, 11) is -3.32. The molecule has 0 spiro atoms. The molecular formula is C7H12N2O2S. The largest absolute Gasteiger partial charge is 0.230 e. The van der Waals surface area contributed by atoms with Crippen molar-refractivity contribution >= 4 is 10.0 Å². The predicted octanol–water partition coefficient (Wildman–Crippen LogP) is 0.324. The van der Waals surface area contributed by atoms with Crippen molar-refractivity contribution in [1.82, 2.24) is 4.31 Å². The van der Waals surface area contributed by atoms with Gasteiger partial charge < -0.3 is 0 Å². The van der Waals surface area contributed by atoms with Gasteiger partial charge in [-0.2, -0.15) is 5.26 Å². The van der Waals surface area contributed by atoms with E-state index in [9.17, 15) is 8.42 Å². The lowest BCUT2D eigenvalue weighted by Gasteiger charge is -2.16. The highest BCUT2D eigenvalue weighted by Gasteiger charge is 2.30. The minimum absolute atomic E-state index is 0.578. The predicted molar refractivity (Wildman–Crippen MR) is 44.8 cm³/mol. The number of nitriles is 1. The van der Waals surface area contributed by atoms with Crippen LogP contribution >= 0.6 is 0 Å². The normalized spacial score (nSPS) is 22.0. The van der Waals surface area contributed by atoms with Gasteiger partial charge in [0, 0.05) is 13.1 Å². The molecule has 1 heterocycles. The second-order valence-corrected chi connectivity index (χ2v) is 5.18. The highest BCUT2D eigenvalue weighted by molar-refractivity contribution is 7.89. The van der Waals surface area contributed by atoms with Crippen LogP contribution in [0.25, 0.3) is 0 Å². The first-order chi connectivity index (χ1) is 5.59. The van der Waals surface area contributed by atoms with Crippen molar-refractivity contribution in [2.24, 2.45) is 0 Å². The fourth-order valence-corrected chi connectivity index (χ4v) is 2.58. The maximum atomic E-state index is 11.5. The van der Waals surface area contributed by atoms with Crippen LogP contribution in [-0.2, 0) is 10.0 Å². The fraction of sp³-hybridized carbons (Fsp3) is 0.857. The summed E-state index contributed by atoms with van der Waals surface area (Å²) in [4.78, 5) is 0. The average molecular weight is 188 g/mol. The van der Waals surface area contributed by atoms with E-state index < -0.39 is 15.3 Å². The van der Waals surface area contributed by atoms with Gasteiger partial charge in [0.1, 0.15) is 0 Å². The van der Waals surface area contributed by atoms with E-state index in [4.69, 9.17) is 5.26 Å². The van der Waals surface area contributed by atoms with Gasteiger partial charge in [-0.25, -0.2) is 12.7 Å². The molecule has 0 N–H and O–H groups in total. The van der Waals surface area contributed by atoms with Crippen LogP contribution in [0.15, 0.2) is 0 Å². The van der Waals surface area contributed by atoms with E-state index in [0.717, 1.165) is 12.8 Å². The Bertz CT molecular complexity index is 285. The van der Waals surface area contributed by atoms with Crippen LogP contribution in [0.3, 0.4) is 0 Å². The van der Waals surface area contributed by atoms with Crippen LogP contribution in [0.4, 0.5) is 0 Å². The van der Waals surface area contributed by atoms with Gasteiger partial charge in [-0.05, 0) is 19.8 Å².